The first-order valence-electron chi connectivity index (χ1n) is 7.01. The molecular formula is C17H19ClOS. The molecule has 1 aliphatic rings. The average Bonchev–Trinajstić information content (AvgIpc) is 2.98. The number of hydrogen-bond acceptors (Lipinski definition) is 2. The molecule has 0 spiro atoms. The zero-order valence-electron chi connectivity index (χ0n) is 12.1. The van der Waals surface area contributed by atoms with Gasteiger partial charge in [0.1, 0.15) is 5.75 Å². The second-order valence-electron chi connectivity index (χ2n) is 5.50. The van der Waals surface area contributed by atoms with Gasteiger partial charge in [0.25, 0.3) is 0 Å². The predicted octanol–water partition coefficient (Wildman–Crippen LogP) is 5.19. The van der Waals surface area contributed by atoms with Crippen molar-refractivity contribution in [1.82, 2.24) is 0 Å². The standard InChI is InChI=1S/C17H19ClOS/c1-10-7-13(8-11(2)17(10)19-3)16(18)15-9-12-5-4-6-14(12)20-15/h7-9,16H,4-6H2,1-3H3. The predicted molar refractivity (Wildman–Crippen MR) is 86.5 cm³/mol. The molecule has 1 atom stereocenters. The van der Waals surface area contributed by atoms with E-state index < -0.39 is 0 Å². The number of thiophene rings is 1. The number of benzene rings is 1. The summed E-state index contributed by atoms with van der Waals surface area (Å²) in [5.41, 5.74) is 4.98. The Morgan fingerprint density at radius 1 is 1.15 bits per heavy atom. The van der Waals surface area contributed by atoms with Crippen LogP contribution in [0, 0.1) is 13.8 Å². The normalized spacial score (nSPS) is 15.2. The number of rotatable bonds is 3. The minimum Gasteiger partial charge on any atom is -0.496 e. The highest BCUT2D eigenvalue weighted by Gasteiger charge is 2.21. The highest BCUT2D eigenvalue weighted by Crippen LogP contribution is 2.40. The number of halogens is 1. The van der Waals surface area contributed by atoms with Crippen LogP contribution in [0.3, 0.4) is 0 Å². The molecule has 0 saturated heterocycles. The van der Waals surface area contributed by atoms with E-state index in [9.17, 15) is 0 Å². The summed E-state index contributed by atoms with van der Waals surface area (Å²) in [6, 6.07) is 6.60. The van der Waals surface area contributed by atoms with Crippen LogP contribution < -0.4 is 4.74 Å². The van der Waals surface area contributed by atoms with E-state index in [1.807, 2.05) is 11.3 Å². The number of ether oxygens (including phenoxy) is 1. The Bertz CT molecular complexity index is 600. The third kappa shape index (κ3) is 2.36. The number of fused-ring (bicyclic) bond motifs is 1. The summed E-state index contributed by atoms with van der Waals surface area (Å²) in [7, 11) is 1.72. The van der Waals surface area contributed by atoms with Crippen LogP contribution >= 0.6 is 22.9 Å². The van der Waals surface area contributed by atoms with Crippen LogP contribution in [0.5, 0.6) is 5.75 Å². The second kappa shape index (κ2) is 5.42. The van der Waals surface area contributed by atoms with Crippen LogP contribution in [0.4, 0.5) is 0 Å². The molecule has 2 aromatic rings. The van der Waals surface area contributed by atoms with Crippen molar-refractivity contribution in [1.29, 1.82) is 0 Å². The molecular weight excluding hydrogens is 288 g/mol. The molecule has 0 fully saturated rings. The van der Waals surface area contributed by atoms with Gasteiger partial charge in [-0.05, 0) is 61.4 Å². The number of aryl methyl sites for hydroxylation is 4. The topological polar surface area (TPSA) is 9.23 Å². The molecule has 3 rings (SSSR count). The van der Waals surface area contributed by atoms with Gasteiger partial charge in [-0.1, -0.05) is 12.1 Å². The summed E-state index contributed by atoms with van der Waals surface area (Å²) in [5.74, 6) is 0.964. The molecule has 1 aromatic heterocycles. The van der Waals surface area contributed by atoms with Crippen LogP contribution in [0.2, 0.25) is 0 Å². The lowest BCUT2D eigenvalue weighted by Gasteiger charge is -2.14. The van der Waals surface area contributed by atoms with Crippen molar-refractivity contribution in [2.24, 2.45) is 0 Å². The van der Waals surface area contributed by atoms with Crippen molar-refractivity contribution >= 4 is 22.9 Å². The van der Waals surface area contributed by atoms with E-state index in [-0.39, 0.29) is 5.38 Å². The zero-order valence-corrected chi connectivity index (χ0v) is 13.7. The fourth-order valence-electron chi connectivity index (χ4n) is 3.09. The fourth-order valence-corrected chi connectivity index (χ4v) is 4.68. The zero-order chi connectivity index (χ0) is 14.3. The Morgan fingerprint density at radius 3 is 2.45 bits per heavy atom. The average molecular weight is 307 g/mol. The number of alkyl halides is 1. The molecule has 1 unspecified atom stereocenters. The van der Waals surface area contributed by atoms with E-state index in [2.05, 4.69) is 32.0 Å². The van der Waals surface area contributed by atoms with Crippen molar-refractivity contribution in [3.63, 3.8) is 0 Å². The van der Waals surface area contributed by atoms with Crippen molar-refractivity contribution < 1.29 is 4.74 Å². The van der Waals surface area contributed by atoms with E-state index in [0.717, 1.165) is 16.9 Å². The summed E-state index contributed by atoms with van der Waals surface area (Å²) >= 11 is 8.59. The highest BCUT2D eigenvalue weighted by atomic mass is 35.5. The van der Waals surface area contributed by atoms with Crippen LogP contribution in [0.1, 0.15) is 43.8 Å². The van der Waals surface area contributed by atoms with Gasteiger partial charge in [-0.2, -0.15) is 0 Å². The van der Waals surface area contributed by atoms with Gasteiger partial charge < -0.3 is 4.74 Å². The number of methoxy groups -OCH3 is 1. The van der Waals surface area contributed by atoms with Crippen LogP contribution in [0.15, 0.2) is 18.2 Å². The van der Waals surface area contributed by atoms with Crippen molar-refractivity contribution in [3.05, 3.63) is 50.2 Å². The van der Waals surface area contributed by atoms with Gasteiger partial charge in [0.05, 0.1) is 12.5 Å². The smallest absolute Gasteiger partial charge is 0.124 e. The Balaban J connectivity index is 1.95. The molecule has 0 saturated carbocycles. The largest absolute Gasteiger partial charge is 0.496 e. The van der Waals surface area contributed by atoms with Gasteiger partial charge in [-0.3, -0.25) is 0 Å². The first-order valence-corrected chi connectivity index (χ1v) is 8.26. The van der Waals surface area contributed by atoms with Gasteiger partial charge in [-0.25, -0.2) is 0 Å². The van der Waals surface area contributed by atoms with E-state index in [1.165, 1.54) is 40.1 Å². The number of hydrogen-bond donors (Lipinski definition) is 0. The quantitative estimate of drug-likeness (QED) is 0.709. The highest BCUT2D eigenvalue weighted by molar-refractivity contribution is 7.12. The van der Waals surface area contributed by atoms with Gasteiger partial charge in [0, 0.05) is 9.75 Å². The third-order valence-electron chi connectivity index (χ3n) is 3.99. The first-order chi connectivity index (χ1) is 9.60. The van der Waals surface area contributed by atoms with Crippen LogP contribution in [0.25, 0.3) is 0 Å². The molecule has 1 nitrogen and oxygen atoms in total. The lowest BCUT2D eigenvalue weighted by molar-refractivity contribution is 0.408. The Morgan fingerprint density at radius 2 is 1.85 bits per heavy atom. The second-order valence-corrected chi connectivity index (χ2v) is 7.11. The van der Waals surface area contributed by atoms with Gasteiger partial charge >= 0.3 is 0 Å². The Kier molecular flexibility index (Phi) is 3.78. The summed E-state index contributed by atoms with van der Waals surface area (Å²) in [6.45, 7) is 4.15. The van der Waals surface area contributed by atoms with Crippen LogP contribution in [-0.2, 0) is 12.8 Å². The fraction of sp³-hybridized carbons (Fsp3) is 0.412. The third-order valence-corrected chi connectivity index (χ3v) is 5.91. The lowest BCUT2D eigenvalue weighted by Crippen LogP contribution is -1.97. The summed E-state index contributed by atoms with van der Waals surface area (Å²) in [6.07, 6.45) is 3.75. The van der Waals surface area contributed by atoms with Crippen molar-refractivity contribution in [2.45, 2.75) is 38.5 Å². The van der Waals surface area contributed by atoms with E-state index in [1.54, 1.807) is 7.11 Å². The maximum absolute atomic E-state index is 6.71. The molecule has 0 amide bonds. The van der Waals surface area contributed by atoms with Crippen molar-refractivity contribution in [2.75, 3.05) is 7.11 Å². The Labute approximate surface area is 129 Å². The summed E-state index contributed by atoms with van der Waals surface area (Å²) in [5, 5.41) is -0.0473. The molecule has 0 radical (unpaired) electrons. The SMILES string of the molecule is COc1c(C)cc(C(Cl)c2cc3c(s2)CCC3)cc1C. The van der Waals surface area contributed by atoms with Gasteiger partial charge in [0.15, 0.2) is 0 Å². The lowest BCUT2D eigenvalue weighted by atomic mass is 10.0. The van der Waals surface area contributed by atoms with Gasteiger partial charge in [0.2, 0.25) is 0 Å². The van der Waals surface area contributed by atoms with E-state index >= 15 is 0 Å². The molecule has 3 heteroatoms. The minimum atomic E-state index is -0.0473. The summed E-state index contributed by atoms with van der Waals surface area (Å²) < 4.78 is 5.43. The molecule has 0 N–H and O–H groups in total. The minimum absolute atomic E-state index is 0.0473. The van der Waals surface area contributed by atoms with Gasteiger partial charge in [-0.15, -0.1) is 22.9 Å². The van der Waals surface area contributed by atoms with Crippen molar-refractivity contribution in [3.8, 4) is 5.75 Å². The van der Waals surface area contributed by atoms with Crippen LogP contribution in [-0.4, -0.2) is 7.11 Å². The molecule has 0 aliphatic heterocycles. The molecule has 106 valence electrons. The summed E-state index contributed by atoms with van der Waals surface area (Å²) in [4.78, 5) is 2.81. The molecule has 1 heterocycles. The molecule has 20 heavy (non-hydrogen) atoms. The van der Waals surface area contributed by atoms with E-state index in [4.69, 9.17) is 16.3 Å². The molecule has 1 aromatic carbocycles. The maximum atomic E-state index is 6.71. The first kappa shape index (κ1) is 14.0. The molecule has 1 aliphatic carbocycles. The molecule has 0 bridgehead atoms. The monoisotopic (exact) mass is 306 g/mol. The maximum Gasteiger partial charge on any atom is 0.124 e. The van der Waals surface area contributed by atoms with E-state index in [0.29, 0.717) is 0 Å². The Hall–Kier alpha value is -0.990.